The normalized spacial score (nSPS) is 17.2. The minimum absolute atomic E-state index is 0.0601. The first-order valence-corrected chi connectivity index (χ1v) is 17.4. The molecule has 3 aliphatic heterocycles. The number of benzene rings is 3. The zero-order valence-corrected chi connectivity index (χ0v) is 29.9. The number of anilines is 2. The molecule has 55 heavy (non-hydrogen) atoms. The molecule has 0 aliphatic carbocycles. The van der Waals surface area contributed by atoms with Gasteiger partial charge in [0.1, 0.15) is 5.60 Å². The van der Waals surface area contributed by atoms with Gasteiger partial charge in [0, 0.05) is 13.1 Å². The number of halogens is 6. The van der Waals surface area contributed by atoms with E-state index >= 15 is 0 Å². The SMILES string of the molecule is CC(C)(C)OC(=O)N1CCCC(N(Cc2cc(C(F)(F)F)cc(C(F)(F)F)c2)c2nnn(CCN3C(=O)c4ccccc4C3=O)n2)c2cc3c(cc21)COC3. The van der Waals surface area contributed by atoms with Gasteiger partial charge in [0.15, 0.2) is 0 Å². The number of imide groups is 1. The van der Waals surface area contributed by atoms with Gasteiger partial charge in [-0.2, -0.15) is 31.1 Å². The average Bonchev–Trinajstić information content (AvgIpc) is 3.79. The van der Waals surface area contributed by atoms with Gasteiger partial charge < -0.3 is 14.4 Å². The molecule has 3 aromatic carbocycles. The van der Waals surface area contributed by atoms with Gasteiger partial charge in [0.2, 0.25) is 0 Å². The number of hydrogen-bond acceptors (Lipinski definition) is 9. The minimum Gasteiger partial charge on any atom is -0.443 e. The van der Waals surface area contributed by atoms with Gasteiger partial charge in [-0.3, -0.25) is 19.4 Å². The van der Waals surface area contributed by atoms with Crippen molar-refractivity contribution < 1.29 is 50.2 Å². The third kappa shape index (κ3) is 7.72. The van der Waals surface area contributed by atoms with E-state index in [-0.39, 0.29) is 68.0 Å². The number of hydrogen-bond donors (Lipinski definition) is 0. The molecular formula is C37H35F6N7O5. The van der Waals surface area contributed by atoms with Gasteiger partial charge in [-0.15, -0.1) is 5.10 Å². The highest BCUT2D eigenvalue weighted by Crippen LogP contribution is 2.43. The van der Waals surface area contributed by atoms with Crippen molar-refractivity contribution in [2.75, 3.05) is 22.9 Å². The summed E-state index contributed by atoms with van der Waals surface area (Å²) in [6.45, 7) is 5.08. The van der Waals surface area contributed by atoms with Crippen LogP contribution in [0.2, 0.25) is 0 Å². The molecule has 18 heteroatoms. The molecule has 1 aromatic heterocycles. The van der Waals surface area contributed by atoms with Crippen LogP contribution in [0.4, 0.5) is 42.8 Å². The van der Waals surface area contributed by atoms with Crippen molar-refractivity contribution in [2.45, 2.75) is 83.9 Å². The fourth-order valence-electron chi connectivity index (χ4n) is 6.99. The molecule has 0 N–H and O–H groups in total. The summed E-state index contributed by atoms with van der Waals surface area (Å²) in [5.41, 5.74) is -1.08. The molecule has 0 radical (unpaired) electrons. The van der Waals surface area contributed by atoms with Crippen molar-refractivity contribution in [3.63, 3.8) is 0 Å². The Morgan fingerprint density at radius 2 is 1.51 bits per heavy atom. The fourth-order valence-corrected chi connectivity index (χ4v) is 6.99. The highest BCUT2D eigenvalue weighted by Gasteiger charge is 2.40. The maximum atomic E-state index is 14.0. The van der Waals surface area contributed by atoms with Crippen LogP contribution in [0.5, 0.6) is 0 Å². The van der Waals surface area contributed by atoms with Gasteiger partial charge in [-0.05, 0) is 104 Å². The van der Waals surface area contributed by atoms with Crippen LogP contribution in [0, 0.1) is 0 Å². The van der Waals surface area contributed by atoms with Crippen LogP contribution in [-0.4, -0.2) is 61.7 Å². The second kappa shape index (κ2) is 14.0. The summed E-state index contributed by atoms with van der Waals surface area (Å²) in [5, 5.41) is 12.7. The monoisotopic (exact) mass is 771 g/mol. The Labute approximate surface area is 310 Å². The first-order chi connectivity index (χ1) is 25.9. The second-order valence-electron chi connectivity index (χ2n) is 14.5. The summed E-state index contributed by atoms with van der Waals surface area (Å²) in [7, 11) is 0. The van der Waals surface area contributed by atoms with E-state index in [4.69, 9.17) is 9.47 Å². The largest absolute Gasteiger partial charge is 0.443 e. The molecule has 4 heterocycles. The lowest BCUT2D eigenvalue weighted by Gasteiger charge is -2.33. The Bertz CT molecular complexity index is 2100. The van der Waals surface area contributed by atoms with Crippen LogP contribution in [-0.2, 0) is 48.1 Å². The molecule has 0 saturated heterocycles. The summed E-state index contributed by atoms with van der Waals surface area (Å²) in [6, 6.07) is 10.5. The second-order valence-corrected chi connectivity index (χ2v) is 14.5. The average molecular weight is 772 g/mol. The van der Waals surface area contributed by atoms with E-state index in [0.29, 0.717) is 29.8 Å². The molecule has 7 rings (SSSR count). The molecule has 3 aliphatic rings. The van der Waals surface area contributed by atoms with Crippen molar-refractivity contribution in [3.8, 4) is 0 Å². The lowest BCUT2D eigenvalue weighted by atomic mass is 9.95. The predicted molar refractivity (Wildman–Crippen MR) is 183 cm³/mol. The highest BCUT2D eigenvalue weighted by molar-refractivity contribution is 6.21. The number of amides is 3. The maximum Gasteiger partial charge on any atom is 0.416 e. The first kappa shape index (κ1) is 37.8. The van der Waals surface area contributed by atoms with E-state index in [1.165, 1.54) is 21.9 Å². The molecule has 0 bridgehead atoms. The van der Waals surface area contributed by atoms with E-state index in [2.05, 4.69) is 15.4 Å². The van der Waals surface area contributed by atoms with Crippen molar-refractivity contribution in [2.24, 2.45) is 0 Å². The van der Waals surface area contributed by atoms with Crippen molar-refractivity contribution in [1.82, 2.24) is 25.1 Å². The molecule has 12 nitrogen and oxygen atoms in total. The van der Waals surface area contributed by atoms with Crippen molar-refractivity contribution in [3.05, 3.63) is 99.1 Å². The number of nitrogens with zero attached hydrogens (tertiary/aromatic N) is 7. The van der Waals surface area contributed by atoms with Gasteiger partial charge >= 0.3 is 18.4 Å². The van der Waals surface area contributed by atoms with Crippen LogP contribution in [0.3, 0.4) is 0 Å². The molecule has 1 unspecified atom stereocenters. The zero-order chi connectivity index (χ0) is 39.4. The smallest absolute Gasteiger partial charge is 0.416 e. The Kier molecular flexibility index (Phi) is 9.59. The highest BCUT2D eigenvalue weighted by atomic mass is 19.4. The molecular weight excluding hydrogens is 736 g/mol. The molecule has 0 saturated carbocycles. The van der Waals surface area contributed by atoms with Crippen LogP contribution < -0.4 is 9.80 Å². The summed E-state index contributed by atoms with van der Waals surface area (Å²) in [4.78, 5) is 44.6. The van der Waals surface area contributed by atoms with Gasteiger partial charge in [0.25, 0.3) is 17.8 Å². The quantitative estimate of drug-likeness (QED) is 0.141. The van der Waals surface area contributed by atoms with E-state index in [0.717, 1.165) is 20.8 Å². The van der Waals surface area contributed by atoms with Crippen LogP contribution >= 0.6 is 0 Å². The summed E-state index contributed by atoms with van der Waals surface area (Å²) < 4.78 is 95.3. The number of aromatic nitrogens is 4. The number of alkyl halides is 6. The minimum atomic E-state index is -5.09. The lowest BCUT2D eigenvalue weighted by molar-refractivity contribution is -0.143. The molecule has 0 fully saturated rings. The van der Waals surface area contributed by atoms with Crippen molar-refractivity contribution in [1.29, 1.82) is 0 Å². The molecule has 0 spiro atoms. The van der Waals surface area contributed by atoms with Crippen LogP contribution in [0.1, 0.15) is 93.8 Å². The predicted octanol–water partition coefficient (Wildman–Crippen LogP) is 7.32. The maximum absolute atomic E-state index is 14.0. The van der Waals surface area contributed by atoms with E-state index in [1.54, 1.807) is 39.0 Å². The fraction of sp³-hybridized carbons (Fsp3) is 0.405. The third-order valence-corrected chi connectivity index (χ3v) is 9.46. The topological polar surface area (TPSA) is 123 Å². The van der Waals surface area contributed by atoms with E-state index in [1.807, 2.05) is 6.07 Å². The number of carbonyl (C=O) groups is 3. The number of carbonyl (C=O) groups excluding carboxylic acids is 3. The lowest BCUT2D eigenvalue weighted by Crippen LogP contribution is -2.37. The summed E-state index contributed by atoms with van der Waals surface area (Å²) in [6.07, 6.45) is -10.2. The summed E-state index contributed by atoms with van der Waals surface area (Å²) >= 11 is 0. The zero-order valence-electron chi connectivity index (χ0n) is 29.9. The summed E-state index contributed by atoms with van der Waals surface area (Å²) in [5.74, 6) is -1.16. The van der Waals surface area contributed by atoms with Crippen molar-refractivity contribution >= 4 is 29.5 Å². The van der Waals surface area contributed by atoms with Crippen LogP contribution in [0.25, 0.3) is 0 Å². The van der Waals surface area contributed by atoms with E-state index in [9.17, 15) is 40.7 Å². The Balaban J connectivity index is 1.29. The number of ether oxygens (including phenoxy) is 2. The Morgan fingerprint density at radius 1 is 0.891 bits per heavy atom. The Morgan fingerprint density at radius 3 is 2.11 bits per heavy atom. The number of tetrazole rings is 1. The number of fused-ring (bicyclic) bond motifs is 3. The molecule has 290 valence electrons. The van der Waals surface area contributed by atoms with E-state index < -0.39 is 59.6 Å². The van der Waals surface area contributed by atoms with Gasteiger partial charge in [0.05, 0.1) is 60.3 Å². The molecule has 1 atom stereocenters. The van der Waals surface area contributed by atoms with Gasteiger partial charge in [-0.1, -0.05) is 17.2 Å². The third-order valence-electron chi connectivity index (χ3n) is 9.46. The Hall–Kier alpha value is -5.52. The number of rotatable bonds is 7. The molecule has 3 amide bonds. The van der Waals surface area contributed by atoms with Gasteiger partial charge in [-0.25, -0.2) is 4.79 Å². The van der Waals surface area contributed by atoms with Crippen LogP contribution in [0.15, 0.2) is 54.6 Å². The first-order valence-electron chi connectivity index (χ1n) is 17.4. The standard InChI is InChI=1S/C37H35F6N7O5/c1-35(2,3)55-34(53)47-10-6-9-29(28-15-22-19-54-20-23(22)16-30(28)47)49(18-21-13-24(36(38,39)40)17-25(14-21)37(41,42)43)33-44-46-50(45-33)12-11-48-31(51)26-7-4-5-8-27(26)32(48)52/h4-5,7-8,13-17,29H,6,9-12,18-20H2,1-3H3. The molecule has 4 aromatic rings.